The maximum absolute atomic E-state index is 12.8. The number of carbonyl (C=O) groups excluding carboxylic acids is 1. The van der Waals surface area contributed by atoms with Crippen LogP contribution in [0.2, 0.25) is 0 Å². The molecule has 1 aromatic carbocycles. The van der Waals surface area contributed by atoms with Crippen molar-refractivity contribution >= 4 is 5.91 Å². The molecule has 1 unspecified atom stereocenters. The van der Waals surface area contributed by atoms with Gasteiger partial charge in [0.05, 0.1) is 18.5 Å². The van der Waals surface area contributed by atoms with E-state index in [1.54, 1.807) is 12.5 Å². The number of nitrogens with zero attached hydrogens (tertiary/aromatic N) is 2. The molecule has 5 heteroatoms. The zero-order valence-electron chi connectivity index (χ0n) is 14.3. The van der Waals surface area contributed by atoms with Crippen molar-refractivity contribution in [3.05, 3.63) is 54.1 Å². The molecule has 2 fully saturated rings. The van der Waals surface area contributed by atoms with E-state index in [0.717, 1.165) is 24.1 Å². The summed E-state index contributed by atoms with van der Waals surface area (Å²) in [5.74, 6) is 0.829. The van der Waals surface area contributed by atoms with Crippen LogP contribution in [-0.2, 0) is 6.54 Å². The van der Waals surface area contributed by atoms with Crippen LogP contribution in [0.3, 0.4) is 0 Å². The van der Waals surface area contributed by atoms with E-state index < -0.39 is 6.10 Å². The van der Waals surface area contributed by atoms with Crippen molar-refractivity contribution < 1.29 is 9.90 Å². The van der Waals surface area contributed by atoms with Crippen LogP contribution < -0.4 is 5.32 Å². The molecular formula is C20H25N3O2. The van der Waals surface area contributed by atoms with Crippen LogP contribution in [0.15, 0.2) is 43.0 Å². The molecule has 0 saturated heterocycles. The molecule has 1 amide bonds. The Bertz CT molecular complexity index is 724. The van der Waals surface area contributed by atoms with E-state index in [1.165, 1.54) is 19.3 Å². The third-order valence-corrected chi connectivity index (χ3v) is 5.72. The van der Waals surface area contributed by atoms with Crippen molar-refractivity contribution in [2.24, 2.45) is 5.92 Å². The van der Waals surface area contributed by atoms with Crippen molar-refractivity contribution in [3.63, 3.8) is 0 Å². The lowest BCUT2D eigenvalue weighted by Crippen LogP contribution is -2.40. The van der Waals surface area contributed by atoms with Crippen LogP contribution >= 0.6 is 0 Å². The van der Waals surface area contributed by atoms with Crippen molar-refractivity contribution in [1.82, 2.24) is 14.9 Å². The largest absolute Gasteiger partial charge is 0.391 e. The Balaban J connectivity index is 1.41. The number of imidazole rings is 1. The van der Waals surface area contributed by atoms with Crippen LogP contribution in [0.1, 0.15) is 53.9 Å². The Morgan fingerprint density at radius 2 is 2.12 bits per heavy atom. The normalized spacial score (nSPS) is 26.4. The van der Waals surface area contributed by atoms with E-state index in [0.29, 0.717) is 18.3 Å². The highest BCUT2D eigenvalue weighted by Crippen LogP contribution is 2.38. The number of amides is 1. The standard InChI is InChI=1S/C20H25N3O2/c24-19-11-14(12-23-9-8-21-13-23)10-18(19)22-20(25)17-7-2-1-6-16(17)15-4-3-5-15/h1-2,6-9,13-15,18-19,24H,3-5,10-12H2,(H,22,25)/t14?,18-,19-/m1/s1. The molecular weight excluding hydrogens is 314 g/mol. The van der Waals surface area contributed by atoms with Crippen LogP contribution in [0.5, 0.6) is 0 Å². The van der Waals surface area contributed by atoms with E-state index in [2.05, 4.69) is 16.4 Å². The molecule has 2 aromatic rings. The van der Waals surface area contributed by atoms with Gasteiger partial charge in [-0.05, 0) is 49.1 Å². The van der Waals surface area contributed by atoms with Crippen molar-refractivity contribution in [2.45, 2.75) is 56.7 Å². The molecule has 1 heterocycles. The van der Waals surface area contributed by atoms with Gasteiger partial charge < -0.3 is 15.0 Å². The van der Waals surface area contributed by atoms with E-state index in [-0.39, 0.29) is 11.9 Å². The van der Waals surface area contributed by atoms with Crippen LogP contribution in [0.25, 0.3) is 0 Å². The Hall–Kier alpha value is -2.14. The predicted molar refractivity (Wildman–Crippen MR) is 95.2 cm³/mol. The number of aliphatic hydroxyl groups excluding tert-OH is 1. The summed E-state index contributed by atoms with van der Waals surface area (Å²) in [5.41, 5.74) is 1.94. The number of benzene rings is 1. The fourth-order valence-corrected chi connectivity index (χ4v) is 4.14. The third kappa shape index (κ3) is 3.47. The van der Waals surface area contributed by atoms with E-state index in [9.17, 15) is 9.90 Å². The highest BCUT2D eigenvalue weighted by Gasteiger charge is 2.35. The first-order chi connectivity index (χ1) is 12.2. The maximum atomic E-state index is 12.8. The summed E-state index contributed by atoms with van der Waals surface area (Å²) in [6.45, 7) is 0.835. The molecule has 0 aliphatic heterocycles. The molecule has 25 heavy (non-hydrogen) atoms. The molecule has 2 saturated carbocycles. The molecule has 3 atom stereocenters. The summed E-state index contributed by atoms with van der Waals surface area (Å²) in [5, 5.41) is 13.5. The SMILES string of the molecule is O=C(N[C@@H]1CC(Cn2ccnc2)C[C@H]1O)c1ccccc1C1CCC1. The molecule has 1 aromatic heterocycles. The predicted octanol–water partition coefficient (Wildman–Crippen LogP) is 2.72. The van der Waals surface area contributed by atoms with Gasteiger partial charge in [-0.15, -0.1) is 0 Å². The highest BCUT2D eigenvalue weighted by atomic mass is 16.3. The number of carbonyl (C=O) groups is 1. The lowest BCUT2D eigenvalue weighted by molar-refractivity contribution is 0.0870. The van der Waals surface area contributed by atoms with Gasteiger partial charge in [0.2, 0.25) is 0 Å². The summed E-state index contributed by atoms with van der Waals surface area (Å²) >= 11 is 0. The number of aliphatic hydroxyl groups is 1. The molecule has 2 aliphatic carbocycles. The van der Waals surface area contributed by atoms with E-state index >= 15 is 0 Å². The molecule has 2 aliphatic rings. The summed E-state index contributed by atoms with van der Waals surface area (Å²) in [6, 6.07) is 7.74. The van der Waals surface area contributed by atoms with Crippen molar-refractivity contribution in [2.75, 3.05) is 0 Å². The number of aromatic nitrogens is 2. The Labute approximate surface area is 148 Å². The maximum Gasteiger partial charge on any atom is 0.251 e. The van der Waals surface area contributed by atoms with Gasteiger partial charge in [0, 0.05) is 24.5 Å². The average Bonchev–Trinajstić information content (AvgIpc) is 3.17. The summed E-state index contributed by atoms with van der Waals surface area (Å²) < 4.78 is 2.04. The average molecular weight is 339 g/mol. The van der Waals surface area contributed by atoms with Gasteiger partial charge in [-0.2, -0.15) is 0 Å². The number of hydrogen-bond acceptors (Lipinski definition) is 3. The third-order valence-electron chi connectivity index (χ3n) is 5.72. The summed E-state index contributed by atoms with van der Waals surface area (Å²) in [4.78, 5) is 16.9. The first kappa shape index (κ1) is 16.3. The zero-order chi connectivity index (χ0) is 17.2. The minimum atomic E-state index is -0.478. The topological polar surface area (TPSA) is 67.2 Å². The minimum absolute atomic E-state index is 0.0465. The molecule has 132 valence electrons. The molecule has 0 bridgehead atoms. The van der Waals surface area contributed by atoms with Crippen LogP contribution in [0.4, 0.5) is 0 Å². The van der Waals surface area contributed by atoms with Gasteiger partial charge in [-0.1, -0.05) is 24.6 Å². The molecule has 2 N–H and O–H groups in total. The zero-order valence-corrected chi connectivity index (χ0v) is 14.3. The van der Waals surface area contributed by atoms with Gasteiger partial charge in [0.15, 0.2) is 0 Å². The molecule has 5 nitrogen and oxygen atoms in total. The van der Waals surface area contributed by atoms with Crippen molar-refractivity contribution in [3.8, 4) is 0 Å². The van der Waals surface area contributed by atoms with Gasteiger partial charge in [-0.25, -0.2) is 4.98 Å². The number of hydrogen-bond donors (Lipinski definition) is 2. The fourth-order valence-electron chi connectivity index (χ4n) is 4.14. The first-order valence-electron chi connectivity index (χ1n) is 9.24. The molecule has 0 spiro atoms. The van der Waals surface area contributed by atoms with E-state index in [4.69, 9.17) is 0 Å². The highest BCUT2D eigenvalue weighted by molar-refractivity contribution is 5.96. The molecule has 0 radical (unpaired) electrons. The van der Waals surface area contributed by atoms with Crippen LogP contribution in [-0.4, -0.2) is 32.7 Å². The van der Waals surface area contributed by atoms with Gasteiger partial charge in [0.1, 0.15) is 0 Å². The monoisotopic (exact) mass is 339 g/mol. The number of nitrogens with one attached hydrogen (secondary N) is 1. The lowest BCUT2D eigenvalue weighted by atomic mass is 9.78. The first-order valence-corrected chi connectivity index (χ1v) is 9.24. The Morgan fingerprint density at radius 1 is 1.28 bits per heavy atom. The second-order valence-corrected chi connectivity index (χ2v) is 7.46. The fraction of sp³-hybridized carbons (Fsp3) is 0.500. The minimum Gasteiger partial charge on any atom is -0.391 e. The van der Waals surface area contributed by atoms with Gasteiger partial charge >= 0.3 is 0 Å². The second kappa shape index (κ2) is 7.00. The quantitative estimate of drug-likeness (QED) is 0.880. The lowest BCUT2D eigenvalue weighted by Gasteiger charge is -2.28. The Morgan fingerprint density at radius 3 is 2.84 bits per heavy atom. The molecule has 4 rings (SSSR count). The van der Waals surface area contributed by atoms with Crippen molar-refractivity contribution in [1.29, 1.82) is 0 Å². The summed E-state index contributed by atoms with van der Waals surface area (Å²) in [6.07, 6.45) is 10.1. The Kier molecular flexibility index (Phi) is 4.57. The van der Waals surface area contributed by atoms with Gasteiger partial charge in [-0.3, -0.25) is 4.79 Å². The smallest absolute Gasteiger partial charge is 0.251 e. The second-order valence-electron chi connectivity index (χ2n) is 7.46. The van der Waals surface area contributed by atoms with Gasteiger partial charge in [0.25, 0.3) is 5.91 Å². The van der Waals surface area contributed by atoms with E-state index in [1.807, 2.05) is 29.0 Å². The number of rotatable bonds is 5. The summed E-state index contributed by atoms with van der Waals surface area (Å²) in [7, 11) is 0. The van der Waals surface area contributed by atoms with Crippen LogP contribution in [0, 0.1) is 5.92 Å².